The highest BCUT2D eigenvalue weighted by Gasteiger charge is 2.16. The zero-order valence-corrected chi connectivity index (χ0v) is 14.6. The summed E-state index contributed by atoms with van der Waals surface area (Å²) in [4.78, 5) is 14.2. The first-order valence-electron chi connectivity index (χ1n) is 7.03. The van der Waals surface area contributed by atoms with E-state index in [0.29, 0.717) is 45.1 Å². The molecule has 1 rings (SSSR count). The second kappa shape index (κ2) is 9.97. The number of carbonyl (C=O) groups is 1. The topological polar surface area (TPSA) is 59.0 Å². The van der Waals surface area contributed by atoms with Gasteiger partial charge in [0, 0.05) is 31.9 Å². The normalized spacial score (nSPS) is 10.6. The number of amides is 1. The van der Waals surface area contributed by atoms with Gasteiger partial charge >= 0.3 is 0 Å². The summed E-state index contributed by atoms with van der Waals surface area (Å²) >= 11 is 2.02. The molecular formula is C15H22INO4. The van der Waals surface area contributed by atoms with Crippen LogP contribution in [0.4, 0.5) is 0 Å². The van der Waals surface area contributed by atoms with Crippen molar-refractivity contribution in [1.82, 2.24) is 4.90 Å². The first-order chi connectivity index (χ1) is 10.1. The highest BCUT2D eigenvalue weighted by Crippen LogP contribution is 2.21. The van der Waals surface area contributed by atoms with Gasteiger partial charge < -0.3 is 19.5 Å². The molecule has 0 bridgehead atoms. The average Bonchev–Trinajstić information content (AvgIpc) is 2.48. The molecule has 1 aromatic carbocycles. The van der Waals surface area contributed by atoms with E-state index in [9.17, 15) is 9.90 Å². The van der Waals surface area contributed by atoms with Crippen LogP contribution >= 0.6 is 22.6 Å². The van der Waals surface area contributed by atoms with Gasteiger partial charge in [0.15, 0.2) is 0 Å². The van der Waals surface area contributed by atoms with Crippen LogP contribution in [0.3, 0.4) is 0 Å². The Balaban J connectivity index is 2.73. The van der Waals surface area contributed by atoms with Gasteiger partial charge in [-0.1, -0.05) is 0 Å². The minimum absolute atomic E-state index is 0.121. The molecule has 21 heavy (non-hydrogen) atoms. The monoisotopic (exact) mass is 407 g/mol. The summed E-state index contributed by atoms with van der Waals surface area (Å²) in [5.41, 5.74) is 0.473. The van der Waals surface area contributed by atoms with Crippen molar-refractivity contribution < 1.29 is 19.4 Å². The van der Waals surface area contributed by atoms with Crippen molar-refractivity contribution in [1.29, 1.82) is 0 Å². The number of hydrogen-bond donors (Lipinski definition) is 1. The first-order valence-corrected chi connectivity index (χ1v) is 8.11. The van der Waals surface area contributed by atoms with Crippen molar-refractivity contribution in [3.8, 4) is 5.75 Å². The molecule has 118 valence electrons. The lowest BCUT2D eigenvalue weighted by Gasteiger charge is -2.22. The van der Waals surface area contributed by atoms with Crippen LogP contribution in [0.25, 0.3) is 0 Å². The first kappa shape index (κ1) is 18.2. The van der Waals surface area contributed by atoms with Crippen molar-refractivity contribution >= 4 is 28.5 Å². The van der Waals surface area contributed by atoms with Crippen molar-refractivity contribution in [2.24, 2.45) is 0 Å². The fourth-order valence-corrected chi connectivity index (χ4v) is 2.12. The lowest BCUT2D eigenvalue weighted by molar-refractivity contribution is 0.0550. The summed E-state index contributed by atoms with van der Waals surface area (Å²) in [6.07, 6.45) is 0. The number of halogens is 1. The molecule has 6 heteroatoms. The molecule has 0 radical (unpaired) electrons. The third kappa shape index (κ3) is 6.19. The zero-order chi connectivity index (χ0) is 15.7. The van der Waals surface area contributed by atoms with E-state index < -0.39 is 0 Å². The summed E-state index contributed by atoms with van der Waals surface area (Å²) in [7, 11) is 0. The molecule has 1 aromatic rings. The molecule has 0 spiro atoms. The van der Waals surface area contributed by atoms with Crippen LogP contribution in [-0.2, 0) is 9.47 Å². The number of hydrogen-bond acceptors (Lipinski definition) is 4. The Bertz CT molecular complexity index is 443. The van der Waals surface area contributed by atoms with Gasteiger partial charge in [-0.15, -0.1) is 0 Å². The molecule has 1 N–H and O–H groups in total. The van der Waals surface area contributed by atoms with Gasteiger partial charge in [-0.3, -0.25) is 4.79 Å². The Hall–Kier alpha value is -0.860. The molecule has 0 aliphatic carbocycles. The fraction of sp³-hybridized carbons (Fsp3) is 0.533. The second-order valence-corrected chi connectivity index (χ2v) is 5.51. The third-order valence-corrected chi connectivity index (χ3v) is 3.81. The molecular weight excluding hydrogens is 385 g/mol. The molecule has 0 heterocycles. The quantitative estimate of drug-likeness (QED) is 0.505. The summed E-state index contributed by atoms with van der Waals surface area (Å²) < 4.78 is 11.3. The summed E-state index contributed by atoms with van der Waals surface area (Å²) in [6.45, 7) is 7.08. The summed E-state index contributed by atoms with van der Waals surface area (Å²) in [5.74, 6) is -0.00266. The predicted octanol–water partition coefficient (Wildman–Crippen LogP) is 2.51. The van der Waals surface area contributed by atoms with Crippen molar-refractivity contribution in [2.45, 2.75) is 13.8 Å². The van der Waals surface area contributed by atoms with Gasteiger partial charge in [-0.25, -0.2) is 0 Å². The van der Waals surface area contributed by atoms with Crippen LogP contribution in [0.2, 0.25) is 0 Å². The van der Waals surface area contributed by atoms with Crippen LogP contribution in [0.5, 0.6) is 5.75 Å². The highest BCUT2D eigenvalue weighted by molar-refractivity contribution is 14.1. The Morgan fingerprint density at radius 2 is 1.76 bits per heavy atom. The van der Waals surface area contributed by atoms with Crippen molar-refractivity contribution in [3.05, 3.63) is 27.3 Å². The fourth-order valence-electron chi connectivity index (χ4n) is 1.78. The number of benzene rings is 1. The Morgan fingerprint density at radius 3 is 2.24 bits per heavy atom. The number of aromatic hydroxyl groups is 1. The molecule has 0 fully saturated rings. The van der Waals surface area contributed by atoms with E-state index in [0.717, 1.165) is 3.57 Å². The zero-order valence-electron chi connectivity index (χ0n) is 12.5. The minimum Gasteiger partial charge on any atom is -0.507 e. The lowest BCUT2D eigenvalue weighted by Crippen LogP contribution is -2.36. The number of nitrogens with zero attached hydrogens (tertiary/aromatic N) is 1. The smallest absolute Gasteiger partial charge is 0.254 e. The van der Waals surface area contributed by atoms with Crippen LogP contribution < -0.4 is 0 Å². The number of phenolic OH excluding ortho intramolecular Hbond substituents is 1. The Labute approximate surface area is 139 Å². The van der Waals surface area contributed by atoms with E-state index >= 15 is 0 Å². The maximum absolute atomic E-state index is 12.5. The molecule has 0 aromatic heterocycles. The lowest BCUT2D eigenvalue weighted by atomic mass is 10.2. The van der Waals surface area contributed by atoms with Crippen LogP contribution in [-0.4, -0.2) is 55.4 Å². The SMILES string of the molecule is CCOCCN(CCOCC)C(=O)c1ccc(I)c(O)c1. The van der Waals surface area contributed by atoms with E-state index in [-0.39, 0.29) is 11.7 Å². The molecule has 0 aliphatic rings. The molecule has 0 saturated heterocycles. The van der Waals surface area contributed by atoms with Gasteiger partial charge in [0.2, 0.25) is 0 Å². The summed E-state index contributed by atoms with van der Waals surface area (Å²) in [5, 5.41) is 9.73. The second-order valence-electron chi connectivity index (χ2n) is 4.35. The van der Waals surface area contributed by atoms with E-state index in [1.807, 2.05) is 36.4 Å². The van der Waals surface area contributed by atoms with Gasteiger partial charge in [-0.2, -0.15) is 0 Å². The molecule has 0 atom stereocenters. The number of carbonyl (C=O) groups excluding carboxylic acids is 1. The average molecular weight is 407 g/mol. The van der Waals surface area contributed by atoms with E-state index in [1.54, 1.807) is 17.0 Å². The number of rotatable bonds is 9. The van der Waals surface area contributed by atoms with Gasteiger partial charge in [0.25, 0.3) is 5.91 Å². The van der Waals surface area contributed by atoms with Crippen molar-refractivity contribution in [3.63, 3.8) is 0 Å². The predicted molar refractivity (Wildman–Crippen MR) is 89.7 cm³/mol. The maximum Gasteiger partial charge on any atom is 0.254 e. The molecule has 0 saturated carbocycles. The van der Waals surface area contributed by atoms with Crippen LogP contribution in [0, 0.1) is 3.57 Å². The largest absolute Gasteiger partial charge is 0.507 e. The number of ether oxygens (including phenoxy) is 2. The Kier molecular flexibility index (Phi) is 8.63. The van der Waals surface area contributed by atoms with Gasteiger partial charge in [-0.05, 0) is 54.6 Å². The Morgan fingerprint density at radius 1 is 1.19 bits per heavy atom. The van der Waals surface area contributed by atoms with E-state index in [1.165, 1.54) is 6.07 Å². The maximum atomic E-state index is 12.5. The van der Waals surface area contributed by atoms with E-state index in [2.05, 4.69) is 0 Å². The van der Waals surface area contributed by atoms with Crippen LogP contribution in [0.15, 0.2) is 18.2 Å². The molecule has 1 amide bonds. The molecule has 0 unspecified atom stereocenters. The molecule has 0 aliphatic heterocycles. The molecule has 5 nitrogen and oxygen atoms in total. The summed E-state index contributed by atoms with van der Waals surface area (Å²) in [6, 6.07) is 4.95. The standard InChI is InChI=1S/C15H22INO4/c1-3-20-9-7-17(8-10-21-4-2)15(19)12-5-6-13(16)14(18)11-12/h5-6,11,18H,3-4,7-10H2,1-2H3. The third-order valence-electron chi connectivity index (χ3n) is 2.90. The minimum atomic E-state index is -0.124. The van der Waals surface area contributed by atoms with E-state index in [4.69, 9.17) is 9.47 Å². The highest BCUT2D eigenvalue weighted by atomic mass is 127. The number of phenols is 1. The van der Waals surface area contributed by atoms with Crippen molar-refractivity contribution in [2.75, 3.05) is 39.5 Å². The van der Waals surface area contributed by atoms with Gasteiger partial charge in [0.1, 0.15) is 5.75 Å². The van der Waals surface area contributed by atoms with Crippen LogP contribution in [0.1, 0.15) is 24.2 Å². The van der Waals surface area contributed by atoms with Gasteiger partial charge in [0.05, 0.1) is 16.8 Å².